The van der Waals surface area contributed by atoms with Gasteiger partial charge in [0.25, 0.3) is 0 Å². The summed E-state index contributed by atoms with van der Waals surface area (Å²) in [5, 5.41) is 4.49. The molecule has 1 fully saturated rings. The SMILES string of the molecule is Cc1ccc(CCCNC(=O)C2CCN(Cc3ccc(Cl)cc3Cl)CC2)cc1. The van der Waals surface area contributed by atoms with Gasteiger partial charge in [-0.15, -0.1) is 0 Å². The molecule has 0 bridgehead atoms. The van der Waals surface area contributed by atoms with Gasteiger partial charge in [-0.3, -0.25) is 9.69 Å². The Hall–Kier alpha value is -1.55. The van der Waals surface area contributed by atoms with E-state index in [0.29, 0.717) is 10.0 Å². The van der Waals surface area contributed by atoms with Crippen molar-refractivity contribution >= 4 is 29.1 Å². The van der Waals surface area contributed by atoms with Crippen molar-refractivity contribution in [2.24, 2.45) is 5.92 Å². The van der Waals surface area contributed by atoms with Crippen LogP contribution in [0.1, 0.15) is 36.0 Å². The number of hydrogen-bond acceptors (Lipinski definition) is 2. The molecule has 0 unspecified atom stereocenters. The van der Waals surface area contributed by atoms with Gasteiger partial charge in [0, 0.05) is 29.1 Å². The lowest BCUT2D eigenvalue weighted by molar-refractivity contribution is -0.126. The molecule has 1 N–H and O–H groups in total. The summed E-state index contributed by atoms with van der Waals surface area (Å²) < 4.78 is 0. The number of aryl methyl sites for hydroxylation is 2. The van der Waals surface area contributed by atoms with Crippen molar-refractivity contribution in [2.75, 3.05) is 19.6 Å². The molecule has 3 rings (SSSR count). The van der Waals surface area contributed by atoms with Gasteiger partial charge in [0.15, 0.2) is 0 Å². The number of piperidine rings is 1. The first kappa shape index (κ1) is 21.2. The van der Waals surface area contributed by atoms with Crippen molar-refractivity contribution in [3.63, 3.8) is 0 Å². The van der Waals surface area contributed by atoms with Gasteiger partial charge in [-0.05, 0) is 69.0 Å². The molecular weight excluding hydrogens is 391 g/mol. The van der Waals surface area contributed by atoms with E-state index >= 15 is 0 Å². The number of carbonyl (C=O) groups excluding carboxylic acids is 1. The van der Waals surface area contributed by atoms with Gasteiger partial charge in [-0.1, -0.05) is 59.1 Å². The fourth-order valence-corrected chi connectivity index (χ4v) is 4.12. The van der Waals surface area contributed by atoms with E-state index in [9.17, 15) is 4.79 Å². The van der Waals surface area contributed by atoms with Crippen molar-refractivity contribution in [3.05, 3.63) is 69.2 Å². The lowest BCUT2D eigenvalue weighted by Crippen LogP contribution is -2.40. The minimum Gasteiger partial charge on any atom is -0.356 e. The number of likely N-dealkylation sites (tertiary alicyclic amines) is 1. The molecule has 2 aromatic carbocycles. The zero-order valence-corrected chi connectivity index (χ0v) is 17.9. The number of hydrogen-bond donors (Lipinski definition) is 1. The highest BCUT2D eigenvalue weighted by molar-refractivity contribution is 6.35. The van der Waals surface area contributed by atoms with Crippen molar-refractivity contribution in [2.45, 2.75) is 39.2 Å². The van der Waals surface area contributed by atoms with E-state index in [1.807, 2.05) is 12.1 Å². The molecule has 5 heteroatoms. The fraction of sp³-hybridized carbons (Fsp3) is 0.435. The van der Waals surface area contributed by atoms with Crippen LogP contribution in [0.15, 0.2) is 42.5 Å². The van der Waals surface area contributed by atoms with Crippen LogP contribution < -0.4 is 5.32 Å². The first-order valence-electron chi connectivity index (χ1n) is 10.0. The van der Waals surface area contributed by atoms with Crippen LogP contribution >= 0.6 is 23.2 Å². The molecular formula is C23H28Cl2N2O. The van der Waals surface area contributed by atoms with Crippen molar-refractivity contribution in [3.8, 4) is 0 Å². The quantitative estimate of drug-likeness (QED) is 0.621. The molecule has 0 spiro atoms. The topological polar surface area (TPSA) is 32.3 Å². The summed E-state index contributed by atoms with van der Waals surface area (Å²) in [7, 11) is 0. The third kappa shape index (κ3) is 6.23. The van der Waals surface area contributed by atoms with E-state index < -0.39 is 0 Å². The van der Waals surface area contributed by atoms with Crippen molar-refractivity contribution < 1.29 is 4.79 Å². The average molecular weight is 419 g/mol. The first-order valence-corrected chi connectivity index (χ1v) is 10.8. The van der Waals surface area contributed by atoms with Gasteiger partial charge >= 0.3 is 0 Å². The summed E-state index contributed by atoms with van der Waals surface area (Å²) in [5.41, 5.74) is 3.70. The second-order valence-electron chi connectivity index (χ2n) is 7.67. The van der Waals surface area contributed by atoms with E-state index in [-0.39, 0.29) is 11.8 Å². The Balaban J connectivity index is 1.36. The zero-order chi connectivity index (χ0) is 19.9. The van der Waals surface area contributed by atoms with E-state index in [4.69, 9.17) is 23.2 Å². The van der Waals surface area contributed by atoms with Crippen LogP contribution in [0.2, 0.25) is 10.0 Å². The van der Waals surface area contributed by atoms with Crippen LogP contribution in [0.5, 0.6) is 0 Å². The van der Waals surface area contributed by atoms with Gasteiger partial charge in [0.1, 0.15) is 0 Å². The van der Waals surface area contributed by atoms with Crippen LogP contribution in [0.3, 0.4) is 0 Å². The monoisotopic (exact) mass is 418 g/mol. The second kappa shape index (κ2) is 10.3. The maximum Gasteiger partial charge on any atom is 0.223 e. The Morgan fingerprint density at radius 2 is 1.82 bits per heavy atom. The smallest absolute Gasteiger partial charge is 0.223 e. The molecule has 150 valence electrons. The molecule has 1 aliphatic heterocycles. The lowest BCUT2D eigenvalue weighted by atomic mass is 9.95. The zero-order valence-electron chi connectivity index (χ0n) is 16.4. The number of nitrogens with zero attached hydrogens (tertiary/aromatic N) is 1. The summed E-state index contributed by atoms with van der Waals surface area (Å²) in [6.07, 6.45) is 3.77. The molecule has 0 aliphatic carbocycles. The summed E-state index contributed by atoms with van der Waals surface area (Å²) in [4.78, 5) is 14.8. The van der Waals surface area contributed by atoms with Gasteiger partial charge in [-0.25, -0.2) is 0 Å². The van der Waals surface area contributed by atoms with Crippen molar-refractivity contribution in [1.29, 1.82) is 0 Å². The average Bonchev–Trinajstić information content (AvgIpc) is 2.69. The fourth-order valence-electron chi connectivity index (χ4n) is 3.65. The molecule has 0 aromatic heterocycles. The molecule has 0 atom stereocenters. The molecule has 0 saturated carbocycles. The molecule has 1 aliphatic rings. The van der Waals surface area contributed by atoms with Crippen LogP contribution in [0.4, 0.5) is 0 Å². The van der Waals surface area contributed by atoms with E-state index in [1.54, 1.807) is 6.07 Å². The molecule has 2 aromatic rings. The number of amides is 1. The predicted octanol–water partition coefficient (Wildman–Crippen LogP) is 5.26. The maximum atomic E-state index is 12.4. The number of nitrogens with one attached hydrogen (secondary N) is 1. The van der Waals surface area contributed by atoms with Gasteiger partial charge in [0.05, 0.1) is 0 Å². The molecule has 1 heterocycles. The summed E-state index contributed by atoms with van der Waals surface area (Å²) in [5.74, 6) is 0.324. The van der Waals surface area contributed by atoms with Gasteiger partial charge in [0.2, 0.25) is 5.91 Å². The normalized spacial score (nSPS) is 15.5. The standard InChI is InChI=1S/C23H28Cl2N2O/c1-17-4-6-18(7-5-17)3-2-12-26-23(28)19-10-13-27(14-11-19)16-20-8-9-21(24)15-22(20)25/h4-9,15,19H,2-3,10-14,16H2,1H3,(H,26,28). The van der Waals surface area contributed by atoms with E-state index in [0.717, 1.165) is 57.4 Å². The predicted molar refractivity (Wildman–Crippen MR) is 117 cm³/mol. The molecule has 28 heavy (non-hydrogen) atoms. The number of halogens is 2. The minimum absolute atomic E-state index is 0.122. The largest absolute Gasteiger partial charge is 0.356 e. The minimum atomic E-state index is 0.122. The first-order chi connectivity index (χ1) is 13.5. The Labute approximate surface area is 178 Å². The number of benzene rings is 2. The summed E-state index contributed by atoms with van der Waals surface area (Å²) in [6.45, 7) is 5.48. The van der Waals surface area contributed by atoms with E-state index in [2.05, 4.69) is 41.4 Å². The molecule has 0 radical (unpaired) electrons. The molecule has 1 amide bonds. The van der Waals surface area contributed by atoms with Gasteiger partial charge in [-0.2, -0.15) is 0 Å². The Morgan fingerprint density at radius 1 is 1.11 bits per heavy atom. The van der Waals surface area contributed by atoms with E-state index in [1.165, 1.54) is 11.1 Å². The van der Waals surface area contributed by atoms with Crippen LogP contribution in [0.25, 0.3) is 0 Å². The molecule has 1 saturated heterocycles. The van der Waals surface area contributed by atoms with Crippen LogP contribution in [-0.4, -0.2) is 30.4 Å². The summed E-state index contributed by atoms with van der Waals surface area (Å²) >= 11 is 12.2. The Morgan fingerprint density at radius 3 is 2.50 bits per heavy atom. The van der Waals surface area contributed by atoms with Crippen molar-refractivity contribution in [1.82, 2.24) is 10.2 Å². The Bertz CT molecular complexity index is 784. The lowest BCUT2D eigenvalue weighted by Gasteiger charge is -2.31. The maximum absolute atomic E-state index is 12.4. The molecule has 3 nitrogen and oxygen atoms in total. The highest BCUT2D eigenvalue weighted by Gasteiger charge is 2.25. The number of rotatable bonds is 7. The highest BCUT2D eigenvalue weighted by atomic mass is 35.5. The Kier molecular flexibility index (Phi) is 7.78. The third-order valence-corrected chi connectivity index (χ3v) is 6.02. The third-order valence-electron chi connectivity index (χ3n) is 5.43. The number of carbonyl (C=O) groups is 1. The second-order valence-corrected chi connectivity index (χ2v) is 8.51. The van der Waals surface area contributed by atoms with Gasteiger partial charge < -0.3 is 5.32 Å². The summed E-state index contributed by atoms with van der Waals surface area (Å²) in [6, 6.07) is 14.3. The van der Waals surface area contributed by atoms with Crippen LogP contribution in [-0.2, 0) is 17.8 Å². The highest BCUT2D eigenvalue weighted by Crippen LogP contribution is 2.25. The van der Waals surface area contributed by atoms with Crippen LogP contribution in [0, 0.1) is 12.8 Å².